The molecule has 0 amide bonds. The summed E-state index contributed by atoms with van der Waals surface area (Å²) >= 11 is 0. The van der Waals surface area contributed by atoms with E-state index in [2.05, 4.69) is 5.32 Å². The van der Waals surface area contributed by atoms with Crippen molar-refractivity contribution in [1.82, 2.24) is 5.32 Å². The van der Waals surface area contributed by atoms with Gasteiger partial charge in [-0.2, -0.15) is 0 Å². The fourth-order valence-electron chi connectivity index (χ4n) is 0.501. The van der Waals surface area contributed by atoms with Gasteiger partial charge in [0.25, 0.3) is 0 Å². The molecule has 2 N–H and O–H groups in total. The predicted octanol–water partition coefficient (Wildman–Crippen LogP) is -4.90. The molecule has 0 saturated heterocycles. The van der Waals surface area contributed by atoms with Crippen LogP contribution in [0.2, 0.25) is 0 Å². The second kappa shape index (κ2) is 8.49. The van der Waals surface area contributed by atoms with E-state index in [-0.39, 0.29) is 36.0 Å². The van der Waals surface area contributed by atoms with Crippen LogP contribution in [0.1, 0.15) is 13.3 Å². The van der Waals surface area contributed by atoms with Gasteiger partial charge in [-0.25, -0.2) is 0 Å². The summed E-state index contributed by atoms with van der Waals surface area (Å²) in [5, 5.41) is 21.3. The third-order valence-electron chi connectivity index (χ3n) is 0.946. The molecule has 0 rings (SSSR count). The molecule has 1 atom stereocenters. The van der Waals surface area contributed by atoms with E-state index in [0.29, 0.717) is 13.1 Å². The molecule has 0 heterocycles. The topological polar surface area (TPSA) is 72.4 Å². The van der Waals surface area contributed by atoms with Crippen molar-refractivity contribution in [2.24, 2.45) is 0 Å². The maximum absolute atomic E-state index is 9.83. The molecular formula is C6H12NNaO3. The van der Waals surface area contributed by atoms with Gasteiger partial charge in [0.2, 0.25) is 0 Å². The molecule has 4 nitrogen and oxygen atoms in total. The van der Waals surface area contributed by atoms with Gasteiger partial charge < -0.3 is 20.3 Å². The number of aliphatic carboxylic acids is 1. The summed E-state index contributed by atoms with van der Waals surface area (Å²) in [7, 11) is 0. The molecule has 0 spiro atoms. The van der Waals surface area contributed by atoms with Crippen LogP contribution in [0.5, 0.6) is 0 Å². The van der Waals surface area contributed by atoms with E-state index >= 15 is 0 Å². The van der Waals surface area contributed by atoms with E-state index in [1.807, 2.05) is 0 Å². The maximum Gasteiger partial charge on any atom is 1.00 e. The first kappa shape index (κ1) is 13.9. The van der Waals surface area contributed by atoms with E-state index in [1.165, 1.54) is 0 Å². The van der Waals surface area contributed by atoms with Crippen LogP contribution < -0.4 is 40.0 Å². The predicted molar refractivity (Wildman–Crippen MR) is 34.2 cm³/mol. The monoisotopic (exact) mass is 169 g/mol. The van der Waals surface area contributed by atoms with E-state index < -0.39 is 12.1 Å². The smallest absolute Gasteiger partial charge is 0.550 e. The Hall–Kier alpha value is 0.390. The van der Waals surface area contributed by atoms with E-state index in [4.69, 9.17) is 5.11 Å². The average Bonchev–Trinajstić information content (AvgIpc) is 1.79. The van der Waals surface area contributed by atoms with Crippen LogP contribution in [0.25, 0.3) is 0 Å². The Morgan fingerprint density at radius 2 is 2.27 bits per heavy atom. The fourth-order valence-corrected chi connectivity index (χ4v) is 0.501. The Morgan fingerprint density at radius 3 is 2.64 bits per heavy atom. The number of nitrogens with one attached hydrogen (secondary N) is 1. The third kappa shape index (κ3) is 13.4. The molecule has 0 aliphatic heterocycles. The standard InChI is InChI=1S/C6H13NO3.Na/c1-5(8)4-7-3-2-6(9)10;/h5,7-8H,2-4H2,1H3,(H,9,10);/q;+1/p-1. The second-order valence-corrected chi connectivity index (χ2v) is 2.18. The summed E-state index contributed by atoms with van der Waals surface area (Å²) < 4.78 is 0. The van der Waals surface area contributed by atoms with Crippen LogP contribution in [0.3, 0.4) is 0 Å². The molecule has 0 fully saturated rings. The number of hydrogen-bond acceptors (Lipinski definition) is 4. The molecule has 0 bridgehead atoms. The Bertz CT molecular complexity index is 108. The zero-order chi connectivity index (χ0) is 7.98. The van der Waals surface area contributed by atoms with Crippen LogP contribution in [0.4, 0.5) is 0 Å². The van der Waals surface area contributed by atoms with Gasteiger partial charge >= 0.3 is 29.6 Å². The largest absolute Gasteiger partial charge is 1.00 e. The van der Waals surface area contributed by atoms with Crippen molar-refractivity contribution in [3.05, 3.63) is 0 Å². The molecule has 11 heavy (non-hydrogen) atoms. The quantitative estimate of drug-likeness (QED) is 0.319. The number of hydrogen-bond donors (Lipinski definition) is 2. The van der Waals surface area contributed by atoms with Crippen LogP contribution in [0, 0.1) is 0 Å². The number of aliphatic hydroxyl groups is 1. The minimum Gasteiger partial charge on any atom is -0.550 e. The molecule has 0 aromatic rings. The molecule has 0 aromatic carbocycles. The molecule has 5 heteroatoms. The minimum atomic E-state index is -1.07. The summed E-state index contributed by atoms with van der Waals surface area (Å²) in [5.41, 5.74) is 0. The van der Waals surface area contributed by atoms with Crippen molar-refractivity contribution in [1.29, 1.82) is 0 Å². The van der Waals surface area contributed by atoms with Crippen molar-refractivity contribution in [3.63, 3.8) is 0 Å². The molecule has 0 aliphatic rings. The normalized spacial score (nSPS) is 11.8. The van der Waals surface area contributed by atoms with Crippen LogP contribution in [-0.2, 0) is 4.79 Å². The number of aliphatic hydroxyl groups excluding tert-OH is 1. The Balaban J connectivity index is 0. The van der Waals surface area contributed by atoms with E-state index in [1.54, 1.807) is 6.92 Å². The van der Waals surface area contributed by atoms with Gasteiger partial charge in [0.1, 0.15) is 0 Å². The molecule has 0 aromatic heterocycles. The van der Waals surface area contributed by atoms with Crippen molar-refractivity contribution in [2.75, 3.05) is 13.1 Å². The number of carbonyl (C=O) groups excluding carboxylic acids is 1. The zero-order valence-corrected chi connectivity index (χ0v) is 8.96. The first-order valence-electron chi connectivity index (χ1n) is 3.21. The van der Waals surface area contributed by atoms with Crippen LogP contribution in [-0.4, -0.2) is 30.3 Å². The van der Waals surface area contributed by atoms with Crippen molar-refractivity contribution < 1.29 is 44.6 Å². The molecule has 0 radical (unpaired) electrons. The van der Waals surface area contributed by atoms with Gasteiger partial charge in [0.15, 0.2) is 0 Å². The summed E-state index contributed by atoms with van der Waals surface area (Å²) in [4.78, 5) is 9.83. The Labute approximate surface area is 88.3 Å². The number of carbonyl (C=O) groups is 1. The summed E-state index contributed by atoms with van der Waals surface area (Å²) in [5.74, 6) is -1.07. The van der Waals surface area contributed by atoms with E-state index in [9.17, 15) is 9.90 Å². The van der Waals surface area contributed by atoms with Crippen molar-refractivity contribution >= 4 is 5.97 Å². The van der Waals surface area contributed by atoms with Gasteiger partial charge in [-0.3, -0.25) is 0 Å². The first-order valence-corrected chi connectivity index (χ1v) is 3.21. The van der Waals surface area contributed by atoms with Gasteiger partial charge in [-0.15, -0.1) is 0 Å². The summed E-state index contributed by atoms with van der Waals surface area (Å²) in [6, 6.07) is 0. The molecule has 1 unspecified atom stereocenters. The van der Waals surface area contributed by atoms with Crippen LogP contribution >= 0.6 is 0 Å². The van der Waals surface area contributed by atoms with Gasteiger partial charge in [-0.1, -0.05) is 0 Å². The summed E-state index contributed by atoms with van der Waals surface area (Å²) in [6.07, 6.45) is -0.436. The summed E-state index contributed by atoms with van der Waals surface area (Å²) in [6.45, 7) is 2.41. The number of carboxylic acids is 1. The SMILES string of the molecule is CC(O)CNCCC(=O)[O-].[Na+]. The van der Waals surface area contributed by atoms with Crippen LogP contribution in [0.15, 0.2) is 0 Å². The fraction of sp³-hybridized carbons (Fsp3) is 0.833. The van der Waals surface area contributed by atoms with Crippen molar-refractivity contribution in [3.8, 4) is 0 Å². The van der Waals surface area contributed by atoms with Gasteiger partial charge in [0, 0.05) is 19.1 Å². The first-order chi connectivity index (χ1) is 4.63. The minimum absolute atomic E-state index is 0. The number of rotatable bonds is 5. The second-order valence-electron chi connectivity index (χ2n) is 2.18. The molecule has 0 aliphatic carbocycles. The van der Waals surface area contributed by atoms with E-state index in [0.717, 1.165) is 0 Å². The zero-order valence-electron chi connectivity index (χ0n) is 6.96. The number of carboxylic acid groups (broad SMARTS) is 1. The molecule has 60 valence electrons. The molecule has 0 saturated carbocycles. The maximum atomic E-state index is 9.83. The van der Waals surface area contributed by atoms with Gasteiger partial charge in [0.05, 0.1) is 6.10 Å². The average molecular weight is 169 g/mol. The van der Waals surface area contributed by atoms with Gasteiger partial charge in [-0.05, 0) is 13.3 Å². The molecular weight excluding hydrogens is 157 g/mol. The third-order valence-corrected chi connectivity index (χ3v) is 0.946. The Kier molecular flexibility index (Phi) is 10.8. The Morgan fingerprint density at radius 1 is 1.73 bits per heavy atom. The van der Waals surface area contributed by atoms with Crippen molar-refractivity contribution in [2.45, 2.75) is 19.4 Å².